The second-order valence-corrected chi connectivity index (χ2v) is 17.3. The number of esters is 1. The first-order valence-electron chi connectivity index (χ1n) is 25.2. The topological polar surface area (TPSA) is 214 Å². The Bertz CT molecular complexity index is 1430. The van der Waals surface area contributed by atoms with Crippen LogP contribution in [0.25, 0.3) is 0 Å². The molecule has 2 fully saturated rings. The minimum Gasteiger partial charge on any atom is -0.457 e. The molecule has 67 heavy (non-hydrogen) atoms. The van der Waals surface area contributed by atoms with Gasteiger partial charge in [-0.05, 0) is 83.5 Å². The number of carbonyl (C=O) groups is 1. The van der Waals surface area contributed by atoms with Gasteiger partial charge in [0.1, 0.15) is 54.9 Å². The molecule has 2 rings (SSSR count). The van der Waals surface area contributed by atoms with Crippen LogP contribution in [0.5, 0.6) is 0 Å². The molecular formula is C53H88O14. The number of hydrogen-bond acceptors (Lipinski definition) is 14. The Morgan fingerprint density at radius 1 is 0.507 bits per heavy atom. The minimum atomic E-state index is -1.72. The van der Waals surface area contributed by atoms with Crippen LogP contribution in [0, 0.1) is 0 Å². The van der Waals surface area contributed by atoms with Gasteiger partial charge in [-0.3, -0.25) is 4.79 Å². The van der Waals surface area contributed by atoms with E-state index in [9.17, 15) is 40.5 Å². The van der Waals surface area contributed by atoms with Crippen molar-refractivity contribution in [2.75, 3.05) is 33.0 Å². The van der Waals surface area contributed by atoms with Crippen LogP contribution in [0.2, 0.25) is 0 Å². The zero-order valence-electron chi connectivity index (χ0n) is 40.6. The summed E-state index contributed by atoms with van der Waals surface area (Å²) in [6.45, 7) is 3.42. The van der Waals surface area contributed by atoms with Gasteiger partial charge in [-0.1, -0.05) is 137 Å². The monoisotopic (exact) mass is 949 g/mol. The zero-order valence-corrected chi connectivity index (χ0v) is 40.6. The van der Waals surface area contributed by atoms with Crippen molar-refractivity contribution in [2.24, 2.45) is 0 Å². The van der Waals surface area contributed by atoms with Crippen molar-refractivity contribution in [2.45, 2.75) is 210 Å². The van der Waals surface area contributed by atoms with E-state index in [1.165, 1.54) is 38.5 Å². The number of allylic oxidation sites excluding steroid dienone is 14. The minimum absolute atomic E-state index is 0.0262. The lowest BCUT2D eigenvalue weighted by atomic mass is 9.98. The van der Waals surface area contributed by atoms with E-state index in [-0.39, 0.29) is 19.6 Å². The molecule has 0 aromatic carbocycles. The van der Waals surface area contributed by atoms with Crippen molar-refractivity contribution in [3.8, 4) is 0 Å². The van der Waals surface area contributed by atoms with Crippen LogP contribution in [-0.4, -0.2) is 142 Å². The third kappa shape index (κ3) is 27.8. The molecule has 0 amide bonds. The summed E-state index contributed by atoms with van der Waals surface area (Å²) in [7, 11) is 0. The molecule has 11 unspecified atom stereocenters. The van der Waals surface area contributed by atoms with E-state index in [2.05, 4.69) is 92.8 Å². The van der Waals surface area contributed by atoms with E-state index in [1.54, 1.807) is 0 Å². The Hall–Kier alpha value is -2.83. The molecule has 0 aromatic heterocycles. The van der Waals surface area contributed by atoms with Crippen molar-refractivity contribution < 1.29 is 69.0 Å². The van der Waals surface area contributed by atoms with Gasteiger partial charge in [0.25, 0.3) is 0 Å². The quantitative estimate of drug-likeness (QED) is 0.0184. The SMILES string of the molecule is CC/C=C\C/C=C\C/C=C\C/C=C\C/C=C\CCCC(=O)OC(COCCCCCCCC/C=C\C/C=C\CCCCC)COC1OC(COC2OC(CO)C(O)C(O)C2O)C(O)C(O)C1O. The molecular weight excluding hydrogens is 861 g/mol. The number of aliphatic hydroxyl groups is 7. The number of unbranched alkanes of at least 4 members (excludes halogenated alkanes) is 10. The maximum absolute atomic E-state index is 13.0. The average Bonchev–Trinajstić information content (AvgIpc) is 3.32. The van der Waals surface area contributed by atoms with E-state index < -0.39 is 86.7 Å². The zero-order chi connectivity index (χ0) is 48.7. The molecule has 0 bridgehead atoms. The van der Waals surface area contributed by atoms with Gasteiger partial charge in [0.15, 0.2) is 12.6 Å². The first-order chi connectivity index (χ1) is 32.6. The van der Waals surface area contributed by atoms with Gasteiger partial charge < -0.3 is 64.2 Å². The van der Waals surface area contributed by atoms with Gasteiger partial charge in [0.05, 0.1) is 26.4 Å². The van der Waals surface area contributed by atoms with Crippen LogP contribution >= 0.6 is 0 Å². The normalized spacial score (nSPS) is 26.8. The Morgan fingerprint density at radius 3 is 1.52 bits per heavy atom. The van der Waals surface area contributed by atoms with Crippen molar-refractivity contribution in [1.29, 1.82) is 0 Å². The van der Waals surface area contributed by atoms with Gasteiger partial charge >= 0.3 is 5.97 Å². The second kappa shape index (κ2) is 40.0. The Balaban J connectivity index is 1.82. The van der Waals surface area contributed by atoms with Crippen LogP contribution in [0.3, 0.4) is 0 Å². The van der Waals surface area contributed by atoms with Crippen molar-refractivity contribution >= 4 is 5.97 Å². The molecule has 0 aliphatic carbocycles. The van der Waals surface area contributed by atoms with Gasteiger partial charge in [0.2, 0.25) is 0 Å². The Kier molecular flexibility index (Phi) is 36.0. The standard InChI is InChI=1S/C53H88O14/c1-3-5-7-9-11-13-15-17-19-21-22-24-26-28-30-32-34-36-45(55)65-42(39-62-37-35-33-31-29-27-25-23-20-18-16-14-12-10-8-6-4-2)40-63-52-51(61)49(59)47(57)44(67-52)41-64-53-50(60)48(58)46(56)43(38-54)66-53/h5,7,11-14,17-20,22,24,28,30,42-44,46-54,56-61H,3-4,6,8-10,15-16,21,23,25-27,29,31-41H2,1-2H3/b7-5-,13-11-,14-12-,19-17-,20-18-,24-22-,30-28-. The highest BCUT2D eigenvalue weighted by molar-refractivity contribution is 5.69. The van der Waals surface area contributed by atoms with Crippen LogP contribution in [0.4, 0.5) is 0 Å². The smallest absolute Gasteiger partial charge is 0.306 e. The van der Waals surface area contributed by atoms with E-state index >= 15 is 0 Å². The van der Waals surface area contributed by atoms with E-state index in [4.69, 9.17) is 28.4 Å². The molecule has 14 heteroatoms. The van der Waals surface area contributed by atoms with E-state index in [0.717, 1.165) is 70.6 Å². The van der Waals surface area contributed by atoms with Crippen LogP contribution < -0.4 is 0 Å². The summed E-state index contributed by atoms with van der Waals surface area (Å²) < 4.78 is 34.2. The summed E-state index contributed by atoms with van der Waals surface area (Å²) in [5, 5.41) is 72.1. The van der Waals surface area contributed by atoms with Gasteiger partial charge in [-0.2, -0.15) is 0 Å². The molecule has 11 atom stereocenters. The predicted molar refractivity (Wildman–Crippen MR) is 261 cm³/mol. The first kappa shape index (κ1) is 60.3. The molecule has 2 aliphatic heterocycles. The van der Waals surface area contributed by atoms with E-state index in [1.807, 2.05) is 6.08 Å². The number of hydrogen-bond donors (Lipinski definition) is 7. The summed E-state index contributed by atoms with van der Waals surface area (Å²) in [5.74, 6) is -0.440. The molecule has 2 heterocycles. The number of carbonyl (C=O) groups excluding carboxylic acids is 1. The maximum Gasteiger partial charge on any atom is 0.306 e. The largest absolute Gasteiger partial charge is 0.457 e. The van der Waals surface area contributed by atoms with Crippen molar-refractivity contribution in [3.63, 3.8) is 0 Å². The molecule has 2 aliphatic rings. The lowest BCUT2D eigenvalue weighted by molar-refractivity contribution is -0.332. The highest BCUT2D eigenvalue weighted by atomic mass is 16.7. The lowest BCUT2D eigenvalue weighted by Crippen LogP contribution is -2.61. The van der Waals surface area contributed by atoms with Gasteiger partial charge in [-0.15, -0.1) is 0 Å². The van der Waals surface area contributed by atoms with Crippen LogP contribution in [-0.2, 0) is 33.2 Å². The molecule has 14 nitrogen and oxygen atoms in total. The summed E-state index contributed by atoms with van der Waals surface area (Å²) in [6.07, 6.45) is 33.6. The Morgan fingerprint density at radius 2 is 0.970 bits per heavy atom. The molecule has 7 N–H and O–H groups in total. The summed E-state index contributed by atoms with van der Waals surface area (Å²) in [6, 6.07) is 0. The molecule has 0 saturated carbocycles. The Labute approximate surface area is 401 Å². The fourth-order valence-corrected chi connectivity index (χ4v) is 7.29. The number of rotatable bonds is 38. The van der Waals surface area contributed by atoms with Crippen molar-refractivity contribution in [1.82, 2.24) is 0 Å². The first-order valence-corrected chi connectivity index (χ1v) is 25.2. The van der Waals surface area contributed by atoms with Gasteiger partial charge in [-0.25, -0.2) is 0 Å². The van der Waals surface area contributed by atoms with Gasteiger partial charge in [0, 0.05) is 13.0 Å². The summed E-state index contributed by atoms with van der Waals surface area (Å²) >= 11 is 0. The summed E-state index contributed by atoms with van der Waals surface area (Å²) in [4.78, 5) is 13.0. The molecule has 0 aromatic rings. The second-order valence-electron chi connectivity index (χ2n) is 17.3. The molecule has 2 saturated heterocycles. The van der Waals surface area contributed by atoms with Crippen LogP contribution in [0.1, 0.15) is 142 Å². The third-order valence-electron chi connectivity index (χ3n) is 11.4. The third-order valence-corrected chi connectivity index (χ3v) is 11.4. The highest BCUT2D eigenvalue weighted by Crippen LogP contribution is 2.26. The fourth-order valence-electron chi connectivity index (χ4n) is 7.29. The molecule has 0 radical (unpaired) electrons. The predicted octanol–water partition coefficient (Wildman–Crippen LogP) is 7.29. The number of aliphatic hydroxyl groups excluding tert-OH is 7. The average molecular weight is 949 g/mol. The van der Waals surface area contributed by atoms with Crippen LogP contribution in [0.15, 0.2) is 85.1 Å². The molecule has 384 valence electrons. The molecule has 0 spiro atoms. The highest BCUT2D eigenvalue weighted by Gasteiger charge is 2.47. The maximum atomic E-state index is 13.0. The lowest BCUT2D eigenvalue weighted by Gasteiger charge is -2.42. The van der Waals surface area contributed by atoms with Crippen molar-refractivity contribution in [3.05, 3.63) is 85.1 Å². The number of ether oxygens (including phenoxy) is 6. The fraction of sp³-hybridized carbons (Fsp3) is 0.717. The summed E-state index contributed by atoms with van der Waals surface area (Å²) in [5.41, 5.74) is 0. The van der Waals surface area contributed by atoms with E-state index in [0.29, 0.717) is 19.4 Å².